The molecule has 2 aromatic rings. The standard InChI is InChI=1S/C20H22N2O3S/c1-24-18-8-4-3-7-17(18)21-19(23)15-9-11-16(12-10-15)25-20(26)22-13-5-2-6-14-22/h3-4,7-12H,2,5-6,13-14H2,1H3,(H,21,23). The Hall–Kier alpha value is -2.60. The number of carbonyl (C=O) groups is 1. The lowest BCUT2D eigenvalue weighted by Gasteiger charge is -2.28. The number of amides is 1. The molecule has 1 N–H and O–H groups in total. The molecule has 1 aliphatic rings. The van der Waals surface area contributed by atoms with Crippen molar-refractivity contribution in [2.75, 3.05) is 25.5 Å². The van der Waals surface area contributed by atoms with E-state index in [9.17, 15) is 4.79 Å². The van der Waals surface area contributed by atoms with Crippen LogP contribution in [0.3, 0.4) is 0 Å². The van der Waals surface area contributed by atoms with Gasteiger partial charge in [0.15, 0.2) is 0 Å². The van der Waals surface area contributed by atoms with Gasteiger partial charge in [-0.05, 0) is 67.9 Å². The fraction of sp³-hybridized carbons (Fsp3) is 0.300. The van der Waals surface area contributed by atoms with Crippen LogP contribution in [0.5, 0.6) is 11.5 Å². The van der Waals surface area contributed by atoms with E-state index >= 15 is 0 Å². The van der Waals surface area contributed by atoms with E-state index < -0.39 is 0 Å². The van der Waals surface area contributed by atoms with Gasteiger partial charge in [-0.15, -0.1) is 0 Å². The minimum atomic E-state index is -0.209. The number of rotatable bonds is 4. The Morgan fingerprint density at radius 3 is 2.42 bits per heavy atom. The second-order valence-corrected chi connectivity index (χ2v) is 6.44. The third-order valence-electron chi connectivity index (χ3n) is 4.29. The van der Waals surface area contributed by atoms with Gasteiger partial charge in [-0.3, -0.25) is 4.79 Å². The summed E-state index contributed by atoms with van der Waals surface area (Å²) < 4.78 is 11.0. The molecule has 2 aromatic carbocycles. The van der Waals surface area contributed by atoms with Gasteiger partial charge in [-0.25, -0.2) is 0 Å². The van der Waals surface area contributed by atoms with E-state index in [4.69, 9.17) is 21.7 Å². The first-order valence-corrected chi connectivity index (χ1v) is 9.09. The van der Waals surface area contributed by atoms with Gasteiger partial charge in [0.1, 0.15) is 11.5 Å². The SMILES string of the molecule is COc1ccccc1NC(=O)c1ccc(OC(=S)N2CCCCC2)cc1. The fourth-order valence-electron chi connectivity index (χ4n) is 2.86. The van der Waals surface area contributed by atoms with Gasteiger partial charge in [-0.1, -0.05) is 12.1 Å². The first-order chi connectivity index (χ1) is 12.7. The molecule has 0 saturated carbocycles. The normalized spacial score (nSPS) is 13.8. The van der Waals surface area contributed by atoms with Gasteiger partial charge >= 0.3 is 0 Å². The monoisotopic (exact) mass is 370 g/mol. The number of hydrogen-bond donors (Lipinski definition) is 1. The zero-order chi connectivity index (χ0) is 18.4. The van der Waals surface area contributed by atoms with Crippen molar-refractivity contribution in [3.63, 3.8) is 0 Å². The molecule has 6 heteroatoms. The smallest absolute Gasteiger partial charge is 0.264 e. The van der Waals surface area contributed by atoms with Crippen LogP contribution in [-0.2, 0) is 0 Å². The van der Waals surface area contributed by atoms with E-state index in [-0.39, 0.29) is 5.91 Å². The van der Waals surface area contributed by atoms with Gasteiger partial charge in [0.05, 0.1) is 12.8 Å². The van der Waals surface area contributed by atoms with Crippen LogP contribution >= 0.6 is 12.2 Å². The molecule has 5 nitrogen and oxygen atoms in total. The molecule has 0 aliphatic carbocycles. The van der Waals surface area contributed by atoms with E-state index in [1.165, 1.54) is 6.42 Å². The molecule has 0 radical (unpaired) electrons. The average Bonchev–Trinajstić information content (AvgIpc) is 2.69. The fourth-order valence-corrected chi connectivity index (χ4v) is 3.14. The summed E-state index contributed by atoms with van der Waals surface area (Å²) in [5, 5.41) is 3.35. The number of nitrogens with one attached hydrogen (secondary N) is 1. The molecule has 0 aromatic heterocycles. The molecule has 0 spiro atoms. The quantitative estimate of drug-likeness (QED) is 0.822. The number of para-hydroxylation sites is 2. The first kappa shape index (κ1) is 18.2. The van der Waals surface area contributed by atoms with E-state index in [2.05, 4.69) is 10.2 Å². The van der Waals surface area contributed by atoms with Crippen LogP contribution in [0.25, 0.3) is 0 Å². The Morgan fingerprint density at radius 1 is 1.04 bits per heavy atom. The van der Waals surface area contributed by atoms with Crippen molar-refractivity contribution in [1.29, 1.82) is 0 Å². The number of benzene rings is 2. The molecular formula is C20H22N2O3S. The number of thiocarbonyl (C=S) groups is 1. The van der Waals surface area contributed by atoms with E-state index in [1.807, 2.05) is 12.1 Å². The predicted molar refractivity (Wildman–Crippen MR) is 106 cm³/mol. The number of carbonyl (C=O) groups excluding carboxylic acids is 1. The molecule has 26 heavy (non-hydrogen) atoms. The van der Waals surface area contributed by atoms with Crippen molar-refractivity contribution in [2.24, 2.45) is 0 Å². The number of anilines is 1. The Kier molecular flexibility index (Phi) is 6.07. The van der Waals surface area contributed by atoms with Crippen molar-refractivity contribution < 1.29 is 14.3 Å². The average molecular weight is 370 g/mol. The Bertz CT molecular complexity index is 771. The maximum absolute atomic E-state index is 12.4. The minimum Gasteiger partial charge on any atom is -0.495 e. The molecule has 3 rings (SSSR count). The second kappa shape index (κ2) is 8.67. The van der Waals surface area contributed by atoms with Crippen LogP contribution in [0.2, 0.25) is 0 Å². The zero-order valence-corrected chi connectivity index (χ0v) is 15.6. The van der Waals surface area contributed by atoms with Crippen molar-refractivity contribution in [3.8, 4) is 11.5 Å². The summed E-state index contributed by atoms with van der Waals surface area (Å²) >= 11 is 5.37. The summed E-state index contributed by atoms with van der Waals surface area (Å²) in [6.07, 6.45) is 3.53. The summed E-state index contributed by atoms with van der Waals surface area (Å²) in [5.74, 6) is 1.04. The van der Waals surface area contributed by atoms with Gasteiger partial charge in [0, 0.05) is 18.7 Å². The molecule has 0 unspecified atom stereocenters. The van der Waals surface area contributed by atoms with Crippen LogP contribution < -0.4 is 14.8 Å². The van der Waals surface area contributed by atoms with E-state index in [1.54, 1.807) is 43.5 Å². The number of ether oxygens (including phenoxy) is 2. The number of likely N-dealkylation sites (tertiary alicyclic amines) is 1. The summed E-state index contributed by atoms with van der Waals surface area (Å²) in [6, 6.07) is 14.3. The predicted octanol–water partition coefficient (Wildman–Crippen LogP) is 4.10. The summed E-state index contributed by atoms with van der Waals surface area (Å²) in [5.41, 5.74) is 1.17. The molecule has 0 atom stereocenters. The third-order valence-corrected chi connectivity index (χ3v) is 4.63. The summed E-state index contributed by atoms with van der Waals surface area (Å²) in [4.78, 5) is 14.5. The molecule has 1 fully saturated rings. The highest BCUT2D eigenvalue weighted by molar-refractivity contribution is 7.80. The topological polar surface area (TPSA) is 50.8 Å². The maximum Gasteiger partial charge on any atom is 0.264 e. The molecule has 1 aliphatic heterocycles. The van der Waals surface area contributed by atoms with Gasteiger partial charge in [0.25, 0.3) is 11.1 Å². The minimum absolute atomic E-state index is 0.209. The molecular weight excluding hydrogens is 348 g/mol. The number of nitrogens with zero attached hydrogens (tertiary/aromatic N) is 1. The zero-order valence-electron chi connectivity index (χ0n) is 14.7. The lowest BCUT2D eigenvalue weighted by atomic mass is 10.1. The summed E-state index contributed by atoms with van der Waals surface area (Å²) in [6.45, 7) is 1.89. The largest absolute Gasteiger partial charge is 0.495 e. The molecule has 136 valence electrons. The van der Waals surface area contributed by atoms with E-state index in [0.29, 0.717) is 27.9 Å². The summed E-state index contributed by atoms with van der Waals surface area (Å²) in [7, 11) is 1.57. The first-order valence-electron chi connectivity index (χ1n) is 8.68. The highest BCUT2D eigenvalue weighted by atomic mass is 32.1. The molecule has 1 heterocycles. The van der Waals surface area contributed by atoms with Crippen LogP contribution in [0.4, 0.5) is 5.69 Å². The van der Waals surface area contributed by atoms with Crippen molar-refractivity contribution in [2.45, 2.75) is 19.3 Å². The maximum atomic E-state index is 12.4. The number of piperidine rings is 1. The molecule has 1 amide bonds. The Morgan fingerprint density at radius 2 is 1.73 bits per heavy atom. The van der Waals surface area contributed by atoms with Crippen molar-refractivity contribution >= 4 is 29.0 Å². The molecule has 1 saturated heterocycles. The Labute approximate surface area is 158 Å². The van der Waals surface area contributed by atoms with Crippen molar-refractivity contribution in [1.82, 2.24) is 4.90 Å². The van der Waals surface area contributed by atoms with E-state index in [0.717, 1.165) is 25.9 Å². The van der Waals surface area contributed by atoms with Gasteiger partial charge in [0.2, 0.25) is 0 Å². The molecule has 0 bridgehead atoms. The van der Waals surface area contributed by atoms with Gasteiger partial charge < -0.3 is 19.7 Å². The van der Waals surface area contributed by atoms with Crippen molar-refractivity contribution in [3.05, 3.63) is 54.1 Å². The highest BCUT2D eigenvalue weighted by Gasteiger charge is 2.15. The van der Waals surface area contributed by atoms with Crippen LogP contribution in [0.15, 0.2) is 48.5 Å². The van der Waals surface area contributed by atoms with Crippen LogP contribution in [0.1, 0.15) is 29.6 Å². The van der Waals surface area contributed by atoms with Gasteiger partial charge in [-0.2, -0.15) is 0 Å². The number of methoxy groups -OCH3 is 1. The third kappa shape index (κ3) is 4.52. The lowest BCUT2D eigenvalue weighted by Crippen LogP contribution is -2.37. The lowest BCUT2D eigenvalue weighted by molar-refractivity contribution is 0.102. The van der Waals surface area contributed by atoms with Crippen LogP contribution in [-0.4, -0.2) is 36.2 Å². The van der Waals surface area contributed by atoms with Crippen LogP contribution in [0, 0.1) is 0 Å². The highest BCUT2D eigenvalue weighted by Crippen LogP contribution is 2.24. The number of hydrogen-bond acceptors (Lipinski definition) is 4. The second-order valence-electron chi connectivity index (χ2n) is 6.09. The Balaban J connectivity index is 1.61.